The van der Waals surface area contributed by atoms with Gasteiger partial charge < -0.3 is 14.8 Å². The molecule has 6 nitrogen and oxygen atoms in total. The molecule has 1 unspecified atom stereocenters. The molecule has 1 N–H and O–H groups in total. The van der Waals surface area contributed by atoms with Gasteiger partial charge in [0.15, 0.2) is 11.5 Å². The molecule has 1 aliphatic rings. The lowest BCUT2D eigenvalue weighted by Gasteiger charge is -2.17. The lowest BCUT2D eigenvalue weighted by molar-refractivity contribution is 0.0951. The predicted octanol–water partition coefficient (Wildman–Crippen LogP) is 4.73. The van der Waals surface area contributed by atoms with E-state index in [0.29, 0.717) is 23.0 Å². The topological polar surface area (TPSA) is 63.7 Å². The van der Waals surface area contributed by atoms with E-state index < -0.39 is 0 Å². The predicted molar refractivity (Wildman–Crippen MR) is 127 cm³/mol. The molecule has 0 bridgehead atoms. The maximum atomic E-state index is 12.4. The van der Waals surface area contributed by atoms with E-state index in [2.05, 4.69) is 21.3 Å². The van der Waals surface area contributed by atoms with Crippen molar-refractivity contribution in [2.24, 2.45) is 0 Å². The second-order valence-electron chi connectivity index (χ2n) is 7.76. The quantitative estimate of drug-likeness (QED) is 0.514. The Morgan fingerprint density at radius 3 is 2.72 bits per heavy atom. The SMILES string of the molecule is COc1ccc(CN2CCC(c3ncsc3CNC(=O)c3ccc(Cl)cc3)C2)cc1OC. The average Bonchev–Trinajstić information content (AvgIpc) is 3.47. The van der Waals surface area contributed by atoms with Gasteiger partial charge >= 0.3 is 0 Å². The van der Waals surface area contributed by atoms with Crippen LogP contribution in [0.25, 0.3) is 0 Å². The first-order valence-electron chi connectivity index (χ1n) is 10.5. The molecule has 1 fully saturated rings. The van der Waals surface area contributed by atoms with E-state index in [1.807, 2.05) is 17.6 Å². The first-order chi connectivity index (χ1) is 15.6. The number of hydrogen-bond donors (Lipinski definition) is 1. The zero-order valence-electron chi connectivity index (χ0n) is 18.1. The summed E-state index contributed by atoms with van der Waals surface area (Å²) in [5, 5.41) is 3.62. The Morgan fingerprint density at radius 2 is 1.97 bits per heavy atom. The van der Waals surface area contributed by atoms with Crippen molar-refractivity contribution in [3.05, 3.63) is 74.7 Å². The van der Waals surface area contributed by atoms with E-state index in [9.17, 15) is 4.79 Å². The average molecular weight is 472 g/mol. The van der Waals surface area contributed by atoms with Gasteiger partial charge in [0.25, 0.3) is 5.91 Å². The Bertz CT molecular complexity index is 1070. The maximum Gasteiger partial charge on any atom is 0.251 e. The highest BCUT2D eigenvalue weighted by atomic mass is 35.5. The van der Waals surface area contributed by atoms with Crippen LogP contribution in [0.5, 0.6) is 11.5 Å². The third-order valence-electron chi connectivity index (χ3n) is 5.70. The van der Waals surface area contributed by atoms with Gasteiger partial charge in [-0.05, 0) is 54.9 Å². The number of benzene rings is 2. The van der Waals surface area contributed by atoms with Crippen LogP contribution in [0.2, 0.25) is 5.02 Å². The molecule has 2 heterocycles. The molecule has 168 valence electrons. The number of nitrogens with one attached hydrogen (secondary N) is 1. The molecule has 1 atom stereocenters. The number of thiazole rings is 1. The van der Waals surface area contributed by atoms with Gasteiger partial charge in [-0.3, -0.25) is 9.69 Å². The van der Waals surface area contributed by atoms with Crippen molar-refractivity contribution >= 4 is 28.8 Å². The number of carbonyl (C=O) groups is 1. The minimum atomic E-state index is -0.109. The van der Waals surface area contributed by atoms with Crippen LogP contribution >= 0.6 is 22.9 Å². The third kappa shape index (κ3) is 5.23. The lowest BCUT2D eigenvalue weighted by atomic mass is 10.0. The first-order valence-corrected chi connectivity index (χ1v) is 11.7. The number of halogens is 1. The van der Waals surface area contributed by atoms with Gasteiger partial charge in [-0.1, -0.05) is 17.7 Å². The van der Waals surface area contributed by atoms with Gasteiger partial charge in [0, 0.05) is 34.5 Å². The van der Waals surface area contributed by atoms with Crippen molar-refractivity contribution in [3.63, 3.8) is 0 Å². The summed E-state index contributed by atoms with van der Waals surface area (Å²) in [6.45, 7) is 3.28. The number of methoxy groups -OCH3 is 2. The van der Waals surface area contributed by atoms with Gasteiger partial charge in [0.2, 0.25) is 0 Å². The molecular formula is C24H26ClN3O3S. The van der Waals surface area contributed by atoms with Crippen LogP contribution < -0.4 is 14.8 Å². The first kappa shape index (κ1) is 22.6. The second-order valence-corrected chi connectivity index (χ2v) is 9.14. The Morgan fingerprint density at radius 1 is 1.19 bits per heavy atom. The van der Waals surface area contributed by atoms with Crippen molar-refractivity contribution in [1.29, 1.82) is 0 Å². The highest BCUT2D eigenvalue weighted by molar-refractivity contribution is 7.09. The zero-order chi connectivity index (χ0) is 22.5. The van der Waals surface area contributed by atoms with Crippen LogP contribution in [0, 0.1) is 0 Å². The molecule has 0 spiro atoms. The summed E-state index contributed by atoms with van der Waals surface area (Å²) in [6.07, 6.45) is 1.05. The van der Waals surface area contributed by atoms with E-state index in [-0.39, 0.29) is 5.91 Å². The van der Waals surface area contributed by atoms with Gasteiger partial charge in [-0.15, -0.1) is 11.3 Å². The van der Waals surface area contributed by atoms with E-state index in [1.165, 1.54) is 5.56 Å². The maximum absolute atomic E-state index is 12.4. The van der Waals surface area contributed by atoms with Crippen LogP contribution in [-0.4, -0.2) is 43.1 Å². The minimum Gasteiger partial charge on any atom is -0.493 e. The fourth-order valence-corrected chi connectivity index (χ4v) is 4.96. The number of rotatable bonds is 8. The molecule has 1 aliphatic heterocycles. The number of aromatic nitrogens is 1. The lowest BCUT2D eigenvalue weighted by Crippen LogP contribution is -2.23. The number of nitrogens with zero attached hydrogens (tertiary/aromatic N) is 2. The van der Waals surface area contributed by atoms with Crippen molar-refractivity contribution in [2.75, 3.05) is 27.3 Å². The number of likely N-dealkylation sites (tertiary alicyclic amines) is 1. The zero-order valence-corrected chi connectivity index (χ0v) is 19.7. The highest BCUT2D eigenvalue weighted by Gasteiger charge is 2.27. The standard InChI is InChI=1S/C24H26ClN3O3S/c1-30-20-8-3-16(11-21(20)31-2)13-28-10-9-18(14-28)23-22(32-15-27-23)12-26-24(29)17-4-6-19(25)7-5-17/h3-8,11,15,18H,9-10,12-14H2,1-2H3,(H,26,29). The van der Waals surface area contributed by atoms with E-state index in [1.54, 1.807) is 49.8 Å². The van der Waals surface area contributed by atoms with Gasteiger partial charge in [0.05, 0.1) is 32.0 Å². The number of ether oxygens (including phenoxy) is 2. The van der Waals surface area contributed by atoms with Crippen LogP contribution in [0.3, 0.4) is 0 Å². The number of hydrogen-bond acceptors (Lipinski definition) is 6. The molecule has 3 aromatic rings. The van der Waals surface area contributed by atoms with Crippen LogP contribution in [0.15, 0.2) is 48.0 Å². The van der Waals surface area contributed by atoms with Crippen LogP contribution in [0.4, 0.5) is 0 Å². The fourth-order valence-electron chi connectivity index (χ4n) is 4.04. The molecule has 0 aliphatic carbocycles. The molecule has 1 aromatic heterocycles. The molecular weight excluding hydrogens is 446 g/mol. The van der Waals surface area contributed by atoms with Crippen molar-refractivity contribution in [3.8, 4) is 11.5 Å². The van der Waals surface area contributed by atoms with E-state index in [0.717, 1.165) is 48.1 Å². The molecule has 0 saturated carbocycles. The fraction of sp³-hybridized carbons (Fsp3) is 0.333. The molecule has 1 amide bonds. The van der Waals surface area contributed by atoms with Crippen LogP contribution in [0.1, 0.15) is 38.8 Å². The van der Waals surface area contributed by atoms with Crippen molar-refractivity contribution < 1.29 is 14.3 Å². The summed E-state index contributed by atoms with van der Waals surface area (Å²) in [6, 6.07) is 13.0. The number of carbonyl (C=O) groups excluding carboxylic acids is 1. The summed E-state index contributed by atoms with van der Waals surface area (Å²) in [5.41, 5.74) is 4.76. The third-order valence-corrected chi connectivity index (χ3v) is 6.80. The monoisotopic (exact) mass is 471 g/mol. The molecule has 1 saturated heterocycles. The Hall–Kier alpha value is -2.61. The molecule has 8 heteroatoms. The number of amides is 1. The van der Waals surface area contributed by atoms with Crippen LogP contribution in [-0.2, 0) is 13.1 Å². The molecule has 4 rings (SSSR count). The second kappa shape index (κ2) is 10.3. The summed E-state index contributed by atoms with van der Waals surface area (Å²) < 4.78 is 10.8. The van der Waals surface area contributed by atoms with E-state index in [4.69, 9.17) is 21.1 Å². The summed E-state index contributed by atoms with van der Waals surface area (Å²) in [7, 11) is 3.30. The molecule has 0 radical (unpaired) electrons. The summed E-state index contributed by atoms with van der Waals surface area (Å²) >= 11 is 7.50. The van der Waals surface area contributed by atoms with Crippen molar-refractivity contribution in [2.45, 2.75) is 25.4 Å². The summed E-state index contributed by atoms with van der Waals surface area (Å²) in [5.74, 6) is 1.74. The minimum absolute atomic E-state index is 0.109. The summed E-state index contributed by atoms with van der Waals surface area (Å²) in [4.78, 5) is 20.6. The van der Waals surface area contributed by atoms with E-state index >= 15 is 0 Å². The normalized spacial score (nSPS) is 16.2. The van der Waals surface area contributed by atoms with Crippen molar-refractivity contribution in [1.82, 2.24) is 15.2 Å². The Labute approximate surface area is 197 Å². The molecule has 32 heavy (non-hydrogen) atoms. The Balaban J connectivity index is 1.35. The highest BCUT2D eigenvalue weighted by Crippen LogP contribution is 2.33. The Kier molecular flexibility index (Phi) is 7.29. The smallest absolute Gasteiger partial charge is 0.251 e. The van der Waals surface area contributed by atoms with Gasteiger partial charge in [-0.2, -0.15) is 0 Å². The van der Waals surface area contributed by atoms with Gasteiger partial charge in [0.1, 0.15) is 0 Å². The largest absolute Gasteiger partial charge is 0.493 e. The molecule has 2 aromatic carbocycles. The van der Waals surface area contributed by atoms with Gasteiger partial charge in [-0.25, -0.2) is 4.98 Å².